The minimum Gasteiger partial charge on any atom is -0.339 e. The maximum absolute atomic E-state index is 12.4. The van der Waals surface area contributed by atoms with Gasteiger partial charge in [-0.1, -0.05) is 32.1 Å². The predicted octanol–water partition coefficient (Wildman–Crippen LogP) is 2.43. The van der Waals surface area contributed by atoms with Crippen molar-refractivity contribution in [3.8, 4) is 0 Å². The molecule has 0 bridgehead atoms. The molecule has 1 aliphatic carbocycles. The third-order valence-electron chi connectivity index (χ3n) is 5.20. The fourth-order valence-corrected chi connectivity index (χ4v) is 3.78. The van der Waals surface area contributed by atoms with Crippen LogP contribution in [0, 0.1) is 5.92 Å². The zero-order valence-electron chi connectivity index (χ0n) is 13.7. The van der Waals surface area contributed by atoms with Gasteiger partial charge in [-0.2, -0.15) is 0 Å². The minimum atomic E-state index is 0.352. The highest BCUT2D eigenvalue weighted by Crippen LogP contribution is 2.27. The van der Waals surface area contributed by atoms with Crippen LogP contribution in [0.25, 0.3) is 0 Å². The van der Waals surface area contributed by atoms with Crippen LogP contribution in [0.5, 0.6) is 0 Å². The normalized spacial score (nSPS) is 20.4. The van der Waals surface area contributed by atoms with Crippen molar-refractivity contribution in [2.45, 2.75) is 44.9 Å². The Bertz CT molecular complexity index is 485. The van der Waals surface area contributed by atoms with E-state index in [0.717, 1.165) is 50.9 Å². The molecule has 0 atom stereocenters. The molecular weight excluding hydrogens is 276 g/mol. The van der Waals surface area contributed by atoms with Crippen LogP contribution < -0.4 is 4.90 Å². The Labute approximate surface area is 133 Å². The van der Waals surface area contributed by atoms with Crippen LogP contribution in [0.2, 0.25) is 0 Å². The molecule has 1 saturated heterocycles. The van der Waals surface area contributed by atoms with Crippen LogP contribution in [0.4, 0.5) is 5.95 Å². The second-order valence-electron chi connectivity index (χ2n) is 6.75. The smallest absolute Gasteiger partial charge is 0.222 e. The molecule has 0 radical (unpaired) electrons. The van der Waals surface area contributed by atoms with Crippen molar-refractivity contribution in [2.24, 2.45) is 13.0 Å². The number of carbonyl (C=O) groups excluding carboxylic acids is 1. The first-order valence-corrected chi connectivity index (χ1v) is 8.74. The predicted molar refractivity (Wildman–Crippen MR) is 87.8 cm³/mol. The molecule has 22 heavy (non-hydrogen) atoms. The summed E-state index contributed by atoms with van der Waals surface area (Å²) in [4.78, 5) is 21.1. The number of amides is 1. The van der Waals surface area contributed by atoms with Gasteiger partial charge in [0.2, 0.25) is 11.9 Å². The molecule has 0 unspecified atom stereocenters. The van der Waals surface area contributed by atoms with Gasteiger partial charge in [-0.25, -0.2) is 4.98 Å². The van der Waals surface area contributed by atoms with E-state index in [9.17, 15) is 4.79 Å². The maximum atomic E-state index is 12.4. The number of imidazole rings is 1. The molecule has 2 heterocycles. The molecule has 1 aromatic heterocycles. The molecule has 0 spiro atoms. The number of rotatable bonds is 4. The molecule has 1 saturated carbocycles. The van der Waals surface area contributed by atoms with E-state index in [-0.39, 0.29) is 0 Å². The van der Waals surface area contributed by atoms with Crippen molar-refractivity contribution in [3.63, 3.8) is 0 Å². The van der Waals surface area contributed by atoms with E-state index in [0.29, 0.717) is 5.91 Å². The maximum Gasteiger partial charge on any atom is 0.222 e. The zero-order valence-corrected chi connectivity index (χ0v) is 13.7. The molecule has 2 aliphatic rings. The highest BCUT2D eigenvalue weighted by molar-refractivity contribution is 5.76. The van der Waals surface area contributed by atoms with Gasteiger partial charge in [0.25, 0.3) is 0 Å². The van der Waals surface area contributed by atoms with E-state index in [1.165, 1.54) is 32.1 Å². The second-order valence-corrected chi connectivity index (χ2v) is 6.75. The van der Waals surface area contributed by atoms with E-state index >= 15 is 0 Å². The van der Waals surface area contributed by atoms with Gasteiger partial charge in [-0.15, -0.1) is 0 Å². The van der Waals surface area contributed by atoms with Crippen molar-refractivity contribution in [2.75, 3.05) is 31.1 Å². The molecule has 0 aromatic carbocycles. The summed E-state index contributed by atoms with van der Waals surface area (Å²) in [6.45, 7) is 3.44. The molecule has 5 nitrogen and oxygen atoms in total. The summed E-state index contributed by atoms with van der Waals surface area (Å²) in [7, 11) is 2.02. The van der Waals surface area contributed by atoms with Crippen LogP contribution in [-0.4, -0.2) is 46.5 Å². The quantitative estimate of drug-likeness (QED) is 0.858. The lowest BCUT2D eigenvalue weighted by Gasteiger charge is -2.35. The van der Waals surface area contributed by atoms with E-state index in [2.05, 4.69) is 9.88 Å². The number of anilines is 1. The van der Waals surface area contributed by atoms with Crippen molar-refractivity contribution < 1.29 is 4.79 Å². The Hall–Kier alpha value is -1.52. The van der Waals surface area contributed by atoms with Crippen molar-refractivity contribution in [1.82, 2.24) is 14.5 Å². The SMILES string of the molecule is Cn1ccnc1N1CCN(C(=O)CCC2CCCCC2)CC1. The molecule has 1 amide bonds. The third kappa shape index (κ3) is 3.62. The number of carbonyl (C=O) groups is 1. The van der Waals surface area contributed by atoms with Crippen molar-refractivity contribution in [3.05, 3.63) is 12.4 Å². The summed E-state index contributed by atoms with van der Waals surface area (Å²) in [6.07, 6.45) is 12.4. The fourth-order valence-electron chi connectivity index (χ4n) is 3.78. The number of hydrogen-bond donors (Lipinski definition) is 0. The topological polar surface area (TPSA) is 41.4 Å². The average molecular weight is 304 g/mol. The molecular formula is C17H28N4O. The minimum absolute atomic E-state index is 0.352. The highest BCUT2D eigenvalue weighted by Gasteiger charge is 2.23. The van der Waals surface area contributed by atoms with Crippen molar-refractivity contribution >= 4 is 11.9 Å². The average Bonchev–Trinajstić information content (AvgIpc) is 3.00. The number of nitrogens with zero attached hydrogens (tertiary/aromatic N) is 4. The standard InChI is InChI=1S/C17H28N4O/c1-19-10-9-18-17(19)21-13-11-20(12-14-21)16(22)8-7-15-5-3-2-4-6-15/h9-10,15H,2-8,11-14H2,1H3. The summed E-state index contributed by atoms with van der Waals surface area (Å²) in [5, 5.41) is 0. The van der Waals surface area contributed by atoms with E-state index in [1.54, 1.807) is 0 Å². The number of piperazine rings is 1. The summed E-state index contributed by atoms with van der Waals surface area (Å²) in [6, 6.07) is 0. The largest absolute Gasteiger partial charge is 0.339 e. The van der Waals surface area contributed by atoms with Crippen LogP contribution in [0.15, 0.2) is 12.4 Å². The summed E-state index contributed by atoms with van der Waals surface area (Å²) < 4.78 is 2.04. The Kier molecular flexibility index (Phi) is 5.01. The van der Waals surface area contributed by atoms with E-state index < -0.39 is 0 Å². The van der Waals surface area contributed by atoms with Gasteiger partial charge < -0.3 is 14.4 Å². The van der Waals surface area contributed by atoms with Crippen LogP contribution in [0.1, 0.15) is 44.9 Å². The van der Waals surface area contributed by atoms with Gasteiger partial charge in [0.15, 0.2) is 0 Å². The number of hydrogen-bond acceptors (Lipinski definition) is 3. The third-order valence-corrected chi connectivity index (χ3v) is 5.20. The Morgan fingerprint density at radius 1 is 1.18 bits per heavy atom. The zero-order chi connectivity index (χ0) is 15.4. The van der Waals surface area contributed by atoms with Crippen LogP contribution in [0.3, 0.4) is 0 Å². The van der Waals surface area contributed by atoms with Crippen LogP contribution in [-0.2, 0) is 11.8 Å². The fraction of sp³-hybridized carbons (Fsp3) is 0.765. The Balaban J connectivity index is 1.42. The van der Waals surface area contributed by atoms with E-state index in [4.69, 9.17) is 0 Å². The summed E-state index contributed by atoms with van der Waals surface area (Å²) in [5.74, 6) is 2.16. The Morgan fingerprint density at radius 2 is 1.91 bits per heavy atom. The number of aromatic nitrogens is 2. The van der Waals surface area contributed by atoms with Crippen molar-refractivity contribution in [1.29, 1.82) is 0 Å². The molecule has 5 heteroatoms. The van der Waals surface area contributed by atoms with Gasteiger partial charge in [0.05, 0.1) is 0 Å². The first kappa shape index (κ1) is 15.4. The van der Waals surface area contributed by atoms with Gasteiger partial charge in [0.1, 0.15) is 0 Å². The molecule has 3 rings (SSSR count). The monoisotopic (exact) mass is 304 g/mol. The molecule has 122 valence electrons. The summed E-state index contributed by atoms with van der Waals surface area (Å²) >= 11 is 0. The second kappa shape index (κ2) is 7.16. The first-order valence-electron chi connectivity index (χ1n) is 8.74. The highest BCUT2D eigenvalue weighted by atomic mass is 16.2. The lowest BCUT2D eigenvalue weighted by atomic mass is 9.86. The van der Waals surface area contributed by atoms with Gasteiger partial charge >= 0.3 is 0 Å². The van der Waals surface area contributed by atoms with Crippen LogP contribution >= 0.6 is 0 Å². The lowest BCUT2D eigenvalue weighted by Crippen LogP contribution is -2.49. The van der Waals surface area contributed by atoms with E-state index in [1.807, 2.05) is 28.9 Å². The van der Waals surface area contributed by atoms with Gasteiger partial charge in [0, 0.05) is 52.0 Å². The Morgan fingerprint density at radius 3 is 2.55 bits per heavy atom. The summed E-state index contributed by atoms with van der Waals surface area (Å²) in [5.41, 5.74) is 0. The molecule has 1 aromatic rings. The number of aryl methyl sites for hydroxylation is 1. The lowest BCUT2D eigenvalue weighted by molar-refractivity contribution is -0.131. The molecule has 0 N–H and O–H groups in total. The molecule has 1 aliphatic heterocycles. The first-order chi connectivity index (χ1) is 10.7. The molecule has 2 fully saturated rings. The van der Waals surface area contributed by atoms with Gasteiger partial charge in [-0.3, -0.25) is 4.79 Å². The van der Waals surface area contributed by atoms with Gasteiger partial charge in [-0.05, 0) is 12.3 Å².